The first-order chi connectivity index (χ1) is 18.1. The van der Waals surface area contributed by atoms with Gasteiger partial charge in [0.1, 0.15) is 4.87 Å². The summed E-state index contributed by atoms with van der Waals surface area (Å²) in [6, 6.07) is 0. The molecule has 1 N–H and O–H groups in total. The number of methoxy groups -OCH3 is 1. The van der Waals surface area contributed by atoms with E-state index in [9.17, 15) is 14.7 Å². The second kappa shape index (κ2) is 9.71. The molecule has 2 heterocycles. The Balaban J connectivity index is 1.06. The minimum atomic E-state index is -0.269. The number of rotatable bonds is 4. The Kier molecular flexibility index (Phi) is 6.90. The molecule has 0 radical (unpaired) electrons. The average Bonchev–Trinajstić information content (AvgIpc) is 3.48. The SMILES string of the molecule is COC(=O)N1CCSC12CN(C(=O)CC[C@@H](C)[C@H]1CC[C@H]3[C@@H]4CC=C5C[C@@H](O)CC[C@]5(C)[C@H]4CC[C@]13C)C2. The third-order valence-electron chi connectivity index (χ3n) is 12.5. The molecule has 212 valence electrons. The van der Waals surface area contributed by atoms with Crippen LogP contribution in [0.5, 0.6) is 0 Å². The van der Waals surface area contributed by atoms with E-state index in [0.29, 0.717) is 48.7 Å². The second-order valence-corrected chi connectivity index (χ2v) is 15.5. The smallest absolute Gasteiger partial charge is 0.410 e. The molecule has 0 unspecified atom stereocenters. The third kappa shape index (κ3) is 4.07. The monoisotopic (exact) mass is 544 g/mol. The lowest BCUT2D eigenvalue weighted by Crippen LogP contribution is -2.68. The summed E-state index contributed by atoms with van der Waals surface area (Å²) in [5.74, 6) is 4.79. The first-order valence-electron chi connectivity index (χ1n) is 15.3. The topological polar surface area (TPSA) is 70.1 Å². The second-order valence-electron chi connectivity index (χ2n) is 14.1. The molecule has 38 heavy (non-hydrogen) atoms. The van der Waals surface area contributed by atoms with Crippen molar-refractivity contribution in [2.24, 2.45) is 40.4 Å². The van der Waals surface area contributed by atoms with Crippen LogP contribution in [0.15, 0.2) is 11.6 Å². The summed E-state index contributed by atoms with van der Waals surface area (Å²) in [7, 11) is 1.44. The van der Waals surface area contributed by atoms with Crippen molar-refractivity contribution in [2.45, 2.75) is 96.0 Å². The summed E-state index contributed by atoms with van der Waals surface area (Å²) >= 11 is 1.79. The lowest BCUT2D eigenvalue weighted by molar-refractivity contribution is -0.139. The van der Waals surface area contributed by atoms with E-state index in [1.54, 1.807) is 17.3 Å². The first-order valence-corrected chi connectivity index (χ1v) is 16.2. The number of aliphatic hydroxyl groups excluding tert-OH is 1. The maximum atomic E-state index is 13.1. The number of fused-ring (bicyclic) bond motifs is 5. The van der Waals surface area contributed by atoms with Gasteiger partial charge in [0.2, 0.25) is 5.91 Å². The average molecular weight is 545 g/mol. The lowest BCUT2D eigenvalue weighted by atomic mass is 9.47. The highest BCUT2D eigenvalue weighted by Crippen LogP contribution is 2.67. The van der Waals surface area contributed by atoms with E-state index < -0.39 is 0 Å². The number of ether oxygens (including phenoxy) is 1. The first kappa shape index (κ1) is 27.0. The standard InChI is InChI=1S/C31H48N2O4S/c1-20(5-10-27(35)32-18-31(19-32)33(15-16-38-31)28(36)37-4)24-8-9-25-23-7-6-21-17-22(34)11-13-29(21,2)26(23)12-14-30(24,25)3/h6,20,22-26,34H,5,7-19H2,1-4H3/t20-,22+,23+,24-,25+,26+,29+,30-/m1/s1. The van der Waals surface area contributed by atoms with Crippen LogP contribution in [0.1, 0.15) is 85.0 Å². The zero-order valence-electron chi connectivity index (χ0n) is 23.9. The number of amides is 2. The highest BCUT2D eigenvalue weighted by Gasteiger charge is 2.59. The minimum absolute atomic E-state index is 0.135. The van der Waals surface area contributed by atoms with Crippen molar-refractivity contribution in [3.05, 3.63) is 11.6 Å². The summed E-state index contributed by atoms with van der Waals surface area (Å²) < 4.78 is 4.98. The minimum Gasteiger partial charge on any atom is -0.453 e. The van der Waals surface area contributed by atoms with Gasteiger partial charge in [-0.2, -0.15) is 0 Å². The van der Waals surface area contributed by atoms with Gasteiger partial charge in [-0.1, -0.05) is 32.4 Å². The van der Waals surface area contributed by atoms with Gasteiger partial charge in [0.05, 0.1) is 26.3 Å². The molecule has 7 heteroatoms. The van der Waals surface area contributed by atoms with Crippen LogP contribution in [0.25, 0.3) is 0 Å². The fraction of sp³-hybridized carbons (Fsp3) is 0.871. The summed E-state index contributed by atoms with van der Waals surface area (Å²) in [5.41, 5.74) is 2.25. The summed E-state index contributed by atoms with van der Waals surface area (Å²) in [4.78, 5) is 28.8. The fourth-order valence-corrected chi connectivity index (χ4v) is 11.8. The summed E-state index contributed by atoms with van der Waals surface area (Å²) in [6.07, 6.45) is 13.2. The van der Waals surface area contributed by atoms with Crippen LogP contribution in [0.4, 0.5) is 4.79 Å². The highest BCUT2D eigenvalue weighted by molar-refractivity contribution is 8.01. The molecule has 1 spiro atoms. The Hall–Kier alpha value is -1.21. The zero-order chi connectivity index (χ0) is 26.9. The van der Waals surface area contributed by atoms with Crippen LogP contribution in [0.3, 0.4) is 0 Å². The van der Waals surface area contributed by atoms with E-state index in [-0.39, 0.29) is 23.0 Å². The highest BCUT2D eigenvalue weighted by atomic mass is 32.2. The number of allylic oxidation sites excluding steroid dienone is 1. The fourth-order valence-electron chi connectivity index (χ4n) is 10.3. The molecule has 4 aliphatic carbocycles. The van der Waals surface area contributed by atoms with Gasteiger partial charge in [0.15, 0.2) is 0 Å². The van der Waals surface area contributed by atoms with Gasteiger partial charge in [-0.3, -0.25) is 9.69 Å². The molecular formula is C31H48N2O4S. The quantitative estimate of drug-likeness (QED) is 0.460. The number of aliphatic hydroxyl groups is 1. The molecule has 0 aromatic carbocycles. The molecule has 2 aliphatic heterocycles. The van der Waals surface area contributed by atoms with Crippen molar-refractivity contribution < 1.29 is 19.4 Å². The summed E-state index contributed by atoms with van der Waals surface area (Å²) in [5, 5.41) is 10.3. The largest absolute Gasteiger partial charge is 0.453 e. The van der Waals surface area contributed by atoms with Gasteiger partial charge in [-0.25, -0.2) is 4.79 Å². The van der Waals surface area contributed by atoms with Crippen molar-refractivity contribution in [1.82, 2.24) is 9.80 Å². The van der Waals surface area contributed by atoms with Gasteiger partial charge in [-0.05, 0) is 98.2 Å². The Morgan fingerprint density at radius 2 is 1.95 bits per heavy atom. The predicted octanol–water partition coefficient (Wildman–Crippen LogP) is 5.70. The molecule has 8 atom stereocenters. The zero-order valence-corrected chi connectivity index (χ0v) is 24.7. The Morgan fingerprint density at radius 3 is 2.71 bits per heavy atom. The summed E-state index contributed by atoms with van der Waals surface area (Å²) in [6.45, 7) is 9.49. The van der Waals surface area contributed by atoms with Gasteiger partial charge >= 0.3 is 6.09 Å². The molecule has 0 bridgehead atoms. The van der Waals surface area contributed by atoms with E-state index >= 15 is 0 Å². The van der Waals surface area contributed by atoms with E-state index in [1.165, 1.54) is 39.2 Å². The molecular weight excluding hydrogens is 496 g/mol. The molecule has 3 saturated carbocycles. The molecule has 2 amide bonds. The van der Waals surface area contributed by atoms with Crippen LogP contribution >= 0.6 is 11.8 Å². The number of carbonyl (C=O) groups is 2. The van der Waals surface area contributed by atoms with Crippen LogP contribution in [-0.2, 0) is 9.53 Å². The Bertz CT molecular complexity index is 994. The van der Waals surface area contributed by atoms with E-state index in [4.69, 9.17) is 4.74 Å². The van der Waals surface area contributed by atoms with Gasteiger partial charge in [0, 0.05) is 18.7 Å². The van der Waals surface area contributed by atoms with E-state index in [2.05, 4.69) is 26.8 Å². The molecule has 6 aliphatic rings. The van der Waals surface area contributed by atoms with Crippen LogP contribution < -0.4 is 0 Å². The maximum absolute atomic E-state index is 13.1. The number of thioether (sulfide) groups is 1. The van der Waals surface area contributed by atoms with Crippen molar-refractivity contribution in [1.29, 1.82) is 0 Å². The third-order valence-corrected chi connectivity index (χ3v) is 13.9. The van der Waals surface area contributed by atoms with Crippen molar-refractivity contribution >= 4 is 23.8 Å². The Labute approximate surface area is 233 Å². The molecule has 5 fully saturated rings. The number of nitrogens with zero attached hydrogens (tertiary/aromatic N) is 2. The van der Waals surface area contributed by atoms with Crippen LogP contribution in [0, 0.1) is 40.4 Å². The molecule has 6 nitrogen and oxygen atoms in total. The van der Waals surface area contributed by atoms with Crippen molar-refractivity contribution in [3.63, 3.8) is 0 Å². The predicted molar refractivity (Wildman–Crippen MR) is 150 cm³/mol. The van der Waals surface area contributed by atoms with Gasteiger partial charge in [-0.15, -0.1) is 11.8 Å². The number of likely N-dealkylation sites (tertiary alicyclic amines) is 1. The van der Waals surface area contributed by atoms with Crippen molar-refractivity contribution in [3.8, 4) is 0 Å². The number of carbonyl (C=O) groups excluding carboxylic acids is 2. The van der Waals surface area contributed by atoms with E-state index in [0.717, 1.165) is 49.2 Å². The van der Waals surface area contributed by atoms with Crippen LogP contribution in [0.2, 0.25) is 0 Å². The number of hydrogen-bond acceptors (Lipinski definition) is 5. The normalized spacial score (nSPS) is 42.0. The molecule has 6 rings (SSSR count). The number of hydrogen-bond donors (Lipinski definition) is 1. The molecule has 2 saturated heterocycles. The lowest BCUT2D eigenvalue weighted by Gasteiger charge is -2.58. The maximum Gasteiger partial charge on any atom is 0.410 e. The van der Waals surface area contributed by atoms with Crippen molar-refractivity contribution in [2.75, 3.05) is 32.5 Å². The van der Waals surface area contributed by atoms with E-state index in [1.807, 2.05) is 9.80 Å². The van der Waals surface area contributed by atoms with Gasteiger partial charge < -0.3 is 14.7 Å². The Morgan fingerprint density at radius 1 is 1.16 bits per heavy atom. The van der Waals surface area contributed by atoms with Crippen LogP contribution in [-0.4, -0.2) is 70.4 Å². The molecule has 0 aromatic heterocycles. The van der Waals surface area contributed by atoms with Gasteiger partial charge in [0.25, 0.3) is 0 Å². The molecule has 0 aromatic rings.